The van der Waals surface area contributed by atoms with Crippen molar-refractivity contribution >= 4 is 21.9 Å². The van der Waals surface area contributed by atoms with E-state index >= 15 is 0 Å². The molecule has 0 aliphatic heterocycles. The van der Waals surface area contributed by atoms with E-state index in [1.54, 1.807) is 13.0 Å². The molecule has 86 valence electrons. The van der Waals surface area contributed by atoms with Gasteiger partial charge in [-0.05, 0) is 25.8 Å². The predicted octanol–water partition coefficient (Wildman–Crippen LogP) is 2.43. The molecule has 1 saturated carbocycles. The number of rotatable bonds is 4. The van der Waals surface area contributed by atoms with E-state index in [1.807, 2.05) is 0 Å². The maximum atomic E-state index is 11.6. The monoisotopic (exact) mass is 284 g/mol. The van der Waals surface area contributed by atoms with Crippen molar-refractivity contribution in [3.63, 3.8) is 0 Å². The van der Waals surface area contributed by atoms with Crippen LogP contribution in [0, 0.1) is 0 Å². The Morgan fingerprint density at radius 3 is 2.88 bits per heavy atom. The molecule has 1 aromatic heterocycles. The average Bonchev–Trinajstić information content (AvgIpc) is 3.12. The van der Waals surface area contributed by atoms with Crippen LogP contribution in [-0.4, -0.2) is 22.5 Å². The van der Waals surface area contributed by atoms with E-state index in [2.05, 4.69) is 25.9 Å². The summed E-state index contributed by atoms with van der Waals surface area (Å²) >= 11 is 3.34. The summed E-state index contributed by atoms with van der Waals surface area (Å²) in [5, 5.41) is 0.627. The molecule has 0 unspecified atom stereocenters. The van der Waals surface area contributed by atoms with E-state index in [9.17, 15) is 4.79 Å². The summed E-state index contributed by atoms with van der Waals surface area (Å²) < 4.78 is 4.94. The van der Waals surface area contributed by atoms with E-state index in [4.69, 9.17) is 4.74 Å². The van der Waals surface area contributed by atoms with Crippen molar-refractivity contribution in [3.05, 3.63) is 23.3 Å². The van der Waals surface area contributed by atoms with Crippen LogP contribution in [0.4, 0.5) is 0 Å². The second-order valence-corrected chi connectivity index (χ2v) is 4.29. The van der Waals surface area contributed by atoms with Crippen LogP contribution in [0.2, 0.25) is 0 Å². The molecule has 0 bridgehead atoms. The third kappa shape index (κ3) is 2.58. The Morgan fingerprint density at radius 1 is 1.56 bits per heavy atom. The van der Waals surface area contributed by atoms with Gasteiger partial charge >= 0.3 is 5.97 Å². The highest BCUT2D eigenvalue weighted by Gasteiger charge is 2.28. The Bertz CT molecular complexity index is 405. The van der Waals surface area contributed by atoms with Crippen LogP contribution in [0.1, 0.15) is 47.7 Å². The first-order chi connectivity index (χ1) is 7.74. The van der Waals surface area contributed by atoms with Crippen LogP contribution in [0.3, 0.4) is 0 Å². The van der Waals surface area contributed by atoms with Gasteiger partial charge in [-0.25, -0.2) is 14.8 Å². The van der Waals surface area contributed by atoms with Crippen molar-refractivity contribution < 1.29 is 9.53 Å². The van der Waals surface area contributed by atoms with Crippen LogP contribution in [0.5, 0.6) is 0 Å². The quantitative estimate of drug-likeness (QED) is 0.629. The smallest absolute Gasteiger partial charge is 0.357 e. The Kier molecular flexibility index (Phi) is 3.53. The van der Waals surface area contributed by atoms with Gasteiger partial charge in [0, 0.05) is 11.2 Å². The summed E-state index contributed by atoms with van der Waals surface area (Å²) in [6.07, 6.45) is 2.24. The van der Waals surface area contributed by atoms with E-state index < -0.39 is 0 Å². The number of hydrogen-bond acceptors (Lipinski definition) is 4. The summed E-state index contributed by atoms with van der Waals surface area (Å²) in [4.78, 5) is 20.2. The first kappa shape index (κ1) is 11.5. The Balaban J connectivity index is 2.28. The Hall–Kier alpha value is -0.970. The molecule has 0 aromatic carbocycles. The number of alkyl halides is 1. The van der Waals surface area contributed by atoms with E-state index in [0.29, 0.717) is 23.5 Å². The standard InChI is InChI=1S/C11H13BrN2O2/c1-2-16-11(15)9-5-8(6-12)13-10(14-9)7-3-4-7/h5,7H,2-4,6H2,1H3. The predicted molar refractivity (Wildman–Crippen MR) is 62.6 cm³/mol. The first-order valence-electron chi connectivity index (χ1n) is 5.35. The second-order valence-electron chi connectivity index (χ2n) is 3.73. The Morgan fingerprint density at radius 2 is 2.31 bits per heavy atom. The lowest BCUT2D eigenvalue weighted by Gasteiger charge is -2.05. The summed E-state index contributed by atoms with van der Waals surface area (Å²) in [7, 11) is 0. The lowest BCUT2D eigenvalue weighted by molar-refractivity contribution is 0.0518. The first-order valence-corrected chi connectivity index (χ1v) is 6.47. The number of esters is 1. The van der Waals surface area contributed by atoms with Gasteiger partial charge in [0.05, 0.1) is 12.3 Å². The maximum Gasteiger partial charge on any atom is 0.357 e. The molecular weight excluding hydrogens is 272 g/mol. The van der Waals surface area contributed by atoms with Crippen molar-refractivity contribution in [1.82, 2.24) is 9.97 Å². The number of aromatic nitrogens is 2. The number of hydrogen-bond donors (Lipinski definition) is 0. The van der Waals surface area contributed by atoms with Gasteiger partial charge in [-0.2, -0.15) is 0 Å². The van der Waals surface area contributed by atoms with E-state index in [-0.39, 0.29) is 5.97 Å². The van der Waals surface area contributed by atoms with Crippen LogP contribution >= 0.6 is 15.9 Å². The number of carbonyl (C=O) groups is 1. The summed E-state index contributed by atoms with van der Waals surface area (Å²) in [5.74, 6) is 0.848. The van der Waals surface area contributed by atoms with Gasteiger partial charge in [-0.3, -0.25) is 0 Å². The van der Waals surface area contributed by atoms with Crippen molar-refractivity contribution in [1.29, 1.82) is 0 Å². The SMILES string of the molecule is CCOC(=O)c1cc(CBr)nc(C2CC2)n1. The minimum atomic E-state index is -0.367. The average molecular weight is 285 g/mol. The van der Waals surface area contributed by atoms with Gasteiger partial charge in [-0.15, -0.1) is 0 Å². The molecule has 0 saturated heterocycles. The molecule has 0 N–H and O–H groups in total. The molecule has 1 heterocycles. The van der Waals surface area contributed by atoms with Crippen LogP contribution in [-0.2, 0) is 10.1 Å². The molecule has 2 rings (SSSR count). The zero-order valence-electron chi connectivity index (χ0n) is 9.07. The molecule has 1 aliphatic carbocycles. The van der Waals surface area contributed by atoms with Crippen molar-refractivity contribution in [2.75, 3.05) is 6.61 Å². The molecular formula is C11H13BrN2O2. The molecule has 1 aliphatic rings. The molecule has 0 atom stereocenters. The van der Waals surface area contributed by atoms with E-state index in [1.165, 1.54) is 0 Å². The van der Waals surface area contributed by atoms with Crippen LogP contribution in [0.15, 0.2) is 6.07 Å². The zero-order valence-corrected chi connectivity index (χ0v) is 10.7. The highest BCUT2D eigenvalue weighted by atomic mass is 79.9. The normalized spacial score (nSPS) is 14.9. The van der Waals surface area contributed by atoms with Crippen molar-refractivity contribution in [3.8, 4) is 0 Å². The van der Waals surface area contributed by atoms with Crippen molar-refractivity contribution in [2.45, 2.75) is 31.0 Å². The summed E-state index contributed by atoms with van der Waals surface area (Å²) in [6, 6.07) is 1.68. The van der Waals surface area contributed by atoms with Gasteiger partial charge in [0.2, 0.25) is 0 Å². The number of nitrogens with zero attached hydrogens (tertiary/aromatic N) is 2. The molecule has 0 radical (unpaired) electrons. The third-order valence-corrected chi connectivity index (χ3v) is 2.93. The number of halogens is 1. The van der Waals surface area contributed by atoms with Gasteiger partial charge in [0.1, 0.15) is 5.82 Å². The van der Waals surface area contributed by atoms with Crippen LogP contribution in [0.25, 0.3) is 0 Å². The third-order valence-electron chi connectivity index (χ3n) is 2.36. The fourth-order valence-electron chi connectivity index (χ4n) is 1.42. The lowest BCUT2D eigenvalue weighted by Crippen LogP contribution is -2.10. The highest BCUT2D eigenvalue weighted by Crippen LogP contribution is 2.38. The molecule has 16 heavy (non-hydrogen) atoms. The van der Waals surface area contributed by atoms with Crippen molar-refractivity contribution in [2.24, 2.45) is 0 Å². The molecule has 0 spiro atoms. The summed E-state index contributed by atoms with van der Waals surface area (Å²) in [5.41, 5.74) is 1.20. The van der Waals surface area contributed by atoms with Gasteiger partial charge < -0.3 is 4.74 Å². The lowest BCUT2D eigenvalue weighted by atomic mass is 10.3. The van der Waals surface area contributed by atoms with Crippen LogP contribution < -0.4 is 0 Å². The molecule has 5 heteroatoms. The molecule has 1 aromatic rings. The second kappa shape index (κ2) is 4.91. The highest BCUT2D eigenvalue weighted by molar-refractivity contribution is 9.08. The minimum Gasteiger partial charge on any atom is -0.461 e. The molecule has 1 fully saturated rings. The molecule has 0 amide bonds. The fraction of sp³-hybridized carbons (Fsp3) is 0.545. The number of carbonyl (C=O) groups excluding carboxylic acids is 1. The summed E-state index contributed by atoms with van der Waals surface area (Å²) in [6.45, 7) is 2.15. The zero-order chi connectivity index (χ0) is 11.5. The largest absolute Gasteiger partial charge is 0.461 e. The van der Waals surface area contributed by atoms with Gasteiger partial charge in [-0.1, -0.05) is 15.9 Å². The Labute approximate surface area is 103 Å². The fourth-order valence-corrected chi connectivity index (χ4v) is 1.71. The topological polar surface area (TPSA) is 52.1 Å². The minimum absolute atomic E-state index is 0.366. The van der Waals surface area contributed by atoms with E-state index in [0.717, 1.165) is 24.4 Å². The van der Waals surface area contributed by atoms with Gasteiger partial charge in [0.25, 0.3) is 0 Å². The van der Waals surface area contributed by atoms with Gasteiger partial charge in [0.15, 0.2) is 5.69 Å². The molecule has 4 nitrogen and oxygen atoms in total. The maximum absolute atomic E-state index is 11.6. The number of ether oxygens (including phenoxy) is 1.